The van der Waals surface area contributed by atoms with Crippen LogP contribution in [0.25, 0.3) is 0 Å². The predicted octanol–water partition coefficient (Wildman–Crippen LogP) is 2.40. The molecule has 0 unspecified atom stereocenters. The van der Waals surface area contributed by atoms with Gasteiger partial charge in [-0.05, 0) is 69.6 Å². The molecule has 0 aliphatic carbocycles. The van der Waals surface area contributed by atoms with Crippen molar-refractivity contribution in [3.8, 4) is 5.75 Å². The molecule has 0 radical (unpaired) electrons. The molecule has 4 nitrogen and oxygen atoms in total. The molecule has 1 atom stereocenters. The van der Waals surface area contributed by atoms with Crippen LogP contribution >= 0.6 is 11.6 Å². The van der Waals surface area contributed by atoms with Crippen LogP contribution in [0.5, 0.6) is 5.75 Å². The monoisotopic (exact) mass is 326 g/mol. The number of nitrogens with zero attached hydrogens (tertiary/aromatic N) is 1. The summed E-state index contributed by atoms with van der Waals surface area (Å²) < 4.78 is 5.65. The normalized spacial score (nSPS) is 18.3. The van der Waals surface area contributed by atoms with Crippen molar-refractivity contribution in [1.82, 2.24) is 10.2 Å². The molecule has 0 aromatic heterocycles. The van der Waals surface area contributed by atoms with Gasteiger partial charge in [0.05, 0.1) is 6.10 Å². The number of hydrogen-bond acceptors (Lipinski definition) is 4. The quantitative estimate of drug-likeness (QED) is 0.720. The van der Waals surface area contributed by atoms with Crippen molar-refractivity contribution in [2.75, 3.05) is 39.3 Å². The summed E-state index contributed by atoms with van der Waals surface area (Å²) in [4.78, 5) is 2.35. The van der Waals surface area contributed by atoms with Gasteiger partial charge in [0.2, 0.25) is 0 Å². The number of piperidine rings is 1. The number of β-amino-alcohol motifs (C(OH)–C–C–N with tert-alkyl or cyclic N) is 1. The molecule has 22 heavy (non-hydrogen) atoms. The Morgan fingerprint density at radius 3 is 2.64 bits per heavy atom. The summed E-state index contributed by atoms with van der Waals surface area (Å²) in [7, 11) is 0. The summed E-state index contributed by atoms with van der Waals surface area (Å²) in [5, 5.41) is 13.6. The molecule has 5 heteroatoms. The van der Waals surface area contributed by atoms with E-state index in [0.717, 1.165) is 49.4 Å². The van der Waals surface area contributed by atoms with E-state index in [2.05, 4.69) is 10.2 Å². The van der Waals surface area contributed by atoms with Gasteiger partial charge in [-0.2, -0.15) is 0 Å². The van der Waals surface area contributed by atoms with Crippen LogP contribution in [0, 0.1) is 5.92 Å². The topological polar surface area (TPSA) is 44.7 Å². The Morgan fingerprint density at radius 2 is 2.00 bits per heavy atom. The van der Waals surface area contributed by atoms with Gasteiger partial charge in [-0.15, -0.1) is 0 Å². The smallest absolute Gasteiger partial charge is 0.119 e. The molecule has 0 saturated carbocycles. The Balaban J connectivity index is 1.52. The minimum absolute atomic E-state index is 0.223. The molecule has 0 spiro atoms. The number of ether oxygens (including phenoxy) is 1. The molecular formula is C17H27ClN2O2. The second-order valence-corrected chi connectivity index (χ2v) is 6.54. The van der Waals surface area contributed by atoms with Crippen LogP contribution in [0.15, 0.2) is 24.3 Å². The van der Waals surface area contributed by atoms with Gasteiger partial charge in [-0.1, -0.05) is 11.6 Å². The largest absolute Gasteiger partial charge is 0.492 e. The van der Waals surface area contributed by atoms with E-state index in [1.54, 1.807) is 0 Å². The SMILES string of the molecule is C[C@@H](O)CN1CCC(CNCCOc2ccc(Cl)cc2)CC1. The number of likely N-dealkylation sites (tertiary alicyclic amines) is 1. The van der Waals surface area contributed by atoms with E-state index < -0.39 is 0 Å². The lowest BCUT2D eigenvalue weighted by Gasteiger charge is -2.32. The van der Waals surface area contributed by atoms with E-state index in [1.807, 2.05) is 31.2 Å². The van der Waals surface area contributed by atoms with E-state index in [0.29, 0.717) is 6.61 Å². The molecule has 1 saturated heterocycles. The summed E-state index contributed by atoms with van der Waals surface area (Å²) in [6.07, 6.45) is 2.19. The maximum Gasteiger partial charge on any atom is 0.119 e. The number of hydrogen-bond donors (Lipinski definition) is 2. The first kappa shape index (κ1) is 17.5. The van der Waals surface area contributed by atoms with Gasteiger partial charge in [0.1, 0.15) is 12.4 Å². The van der Waals surface area contributed by atoms with Crippen molar-refractivity contribution in [1.29, 1.82) is 0 Å². The van der Waals surface area contributed by atoms with Gasteiger partial charge in [0, 0.05) is 18.1 Å². The van der Waals surface area contributed by atoms with Crippen LogP contribution in [-0.4, -0.2) is 55.4 Å². The first-order chi connectivity index (χ1) is 10.6. The minimum atomic E-state index is -0.223. The third kappa shape index (κ3) is 6.53. The van der Waals surface area contributed by atoms with Crippen molar-refractivity contribution in [3.63, 3.8) is 0 Å². The van der Waals surface area contributed by atoms with Crippen molar-refractivity contribution in [3.05, 3.63) is 29.3 Å². The lowest BCUT2D eigenvalue weighted by Crippen LogP contribution is -2.40. The van der Waals surface area contributed by atoms with Gasteiger partial charge in [-0.3, -0.25) is 0 Å². The average Bonchev–Trinajstić information content (AvgIpc) is 2.50. The predicted molar refractivity (Wildman–Crippen MR) is 90.7 cm³/mol. The summed E-state index contributed by atoms with van der Waals surface area (Å²) >= 11 is 5.83. The van der Waals surface area contributed by atoms with Crippen LogP contribution in [-0.2, 0) is 0 Å². The minimum Gasteiger partial charge on any atom is -0.492 e. The molecule has 1 aliphatic rings. The van der Waals surface area contributed by atoms with E-state index in [4.69, 9.17) is 16.3 Å². The highest BCUT2D eigenvalue weighted by atomic mass is 35.5. The molecule has 1 aromatic carbocycles. The Morgan fingerprint density at radius 1 is 1.32 bits per heavy atom. The van der Waals surface area contributed by atoms with E-state index in [1.165, 1.54) is 12.8 Å². The van der Waals surface area contributed by atoms with Gasteiger partial charge in [-0.25, -0.2) is 0 Å². The molecule has 1 aromatic rings. The molecule has 2 rings (SSSR count). The van der Waals surface area contributed by atoms with Gasteiger partial charge in [0.15, 0.2) is 0 Å². The van der Waals surface area contributed by atoms with Crippen molar-refractivity contribution in [2.45, 2.75) is 25.9 Å². The zero-order chi connectivity index (χ0) is 15.8. The first-order valence-electron chi connectivity index (χ1n) is 8.13. The molecule has 124 valence electrons. The Bertz CT molecular complexity index is 417. The van der Waals surface area contributed by atoms with Crippen LogP contribution in [0.4, 0.5) is 0 Å². The lowest BCUT2D eigenvalue weighted by molar-refractivity contribution is 0.0996. The molecule has 0 amide bonds. The average molecular weight is 327 g/mol. The third-order valence-electron chi connectivity index (χ3n) is 4.02. The number of halogens is 1. The highest BCUT2D eigenvalue weighted by Gasteiger charge is 2.19. The van der Waals surface area contributed by atoms with E-state index in [9.17, 15) is 5.11 Å². The maximum absolute atomic E-state index is 9.40. The molecule has 1 fully saturated rings. The third-order valence-corrected chi connectivity index (χ3v) is 4.28. The summed E-state index contributed by atoms with van der Waals surface area (Å²) in [5.74, 6) is 1.60. The number of aliphatic hydroxyl groups is 1. The second-order valence-electron chi connectivity index (χ2n) is 6.10. The van der Waals surface area contributed by atoms with Crippen molar-refractivity contribution >= 4 is 11.6 Å². The fourth-order valence-corrected chi connectivity index (χ4v) is 2.95. The van der Waals surface area contributed by atoms with Gasteiger partial charge >= 0.3 is 0 Å². The molecule has 1 heterocycles. The van der Waals surface area contributed by atoms with Crippen molar-refractivity contribution < 1.29 is 9.84 Å². The molecule has 2 N–H and O–H groups in total. The number of benzene rings is 1. The molecule has 1 aliphatic heterocycles. The van der Waals surface area contributed by atoms with Crippen LogP contribution in [0.1, 0.15) is 19.8 Å². The summed E-state index contributed by atoms with van der Waals surface area (Å²) in [6.45, 7) is 7.42. The van der Waals surface area contributed by atoms with Crippen molar-refractivity contribution in [2.24, 2.45) is 5.92 Å². The highest BCUT2D eigenvalue weighted by Crippen LogP contribution is 2.17. The number of aliphatic hydroxyl groups excluding tert-OH is 1. The Labute approximate surface area is 138 Å². The number of rotatable bonds is 8. The Kier molecular flexibility index (Phi) is 7.46. The Hall–Kier alpha value is -0.810. The van der Waals surface area contributed by atoms with Crippen LogP contribution < -0.4 is 10.1 Å². The lowest BCUT2D eigenvalue weighted by atomic mass is 9.96. The highest BCUT2D eigenvalue weighted by molar-refractivity contribution is 6.30. The van der Waals surface area contributed by atoms with Gasteiger partial charge in [0.25, 0.3) is 0 Å². The molecule has 0 bridgehead atoms. The van der Waals surface area contributed by atoms with Crippen LogP contribution in [0.2, 0.25) is 5.02 Å². The summed E-state index contributed by atoms with van der Waals surface area (Å²) in [6, 6.07) is 7.46. The summed E-state index contributed by atoms with van der Waals surface area (Å²) in [5.41, 5.74) is 0. The zero-order valence-electron chi connectivity index (χ0n) is 13.3. The first-order valence-corrected chi connectivity index (χ1v) is 8.51. The zero-order valence-corrected chi connectivity index (χ0v) is 14.1. The standard InChI is InChI=1S/C17H27ClN2O2/c1-14(21)13-20-9-6-15(7-10-20)12-19-8-11-22-17-4-2-16(18)3-5-17/h2-5,14-15,19,21H,6-13H2,1H3/t14-/m1/s1. The van der Waals surface area contributed by atoms with E-state index >= 15 is 0 Å². The van der Waals surface area contributed by atoms with Crippen LogP contribution in [0.3, 0.4) is 0 Å². The fourth-order valence-electron chi connectivity index (χ4n) is 2.82. The van der Waals surface area contributed by atoms with Gasteiger partial charge < -0.3 is 20.1 Å². The second kappa shape index (κ2) is 9.36. The fraction of sp³-hybridized carbons (Fsp3) is 0.647. The van der Waals surface area contributed by atoms with E-state index in [-0.39, 0.29) is 6.10 Å². The molecular weight excluding hydrogens is 300 g/mol. The number of nitrogens with one attached hydrogen (secondary N) is 1. The maximum atomic E-state index is 9.40.